The molecule has 28 heavy (non-hydrogen) atoms. The quantitative estimate of drug-likeness (QED) is 0.350. The molecule has 4 rings (SSSR count). The van der Waals surface area contributed by atoms with Crippen LogP contribution in [0.25, 0.3) is 0 Å². The number of amides is 1. The highest BCUT2D eigenvalue weighted by Gasteiger charge is 2.38. The molecule has 3 aromatic carbocycles. The van der Waals surface area contributed by atoms with Crippen LogP contribution in [0.3, 0.4) is 0 Å². The van der Waals surface area contributed by atoms with Gasteiger partial charge in [0.05, 0.1) is 15.2 Å². The van der Waals surface area contributed by atoms with Crippen molar-refractivity contribution in [2.75, 3.05) is 0 Å². The second-order valence-corrected chi connectivity index (χ2v) is 8.78. The molecule has 0 radical (unpaired) electrons. The average molecular weight is 403 g/mol. The fraction of sp³-hybridized carbons (Fsp3) is 0.0435. The van der Waals surface area contributed by atoms with Crippen molar-refractivity contribution < 1.29 is 4.79 Å². The van der Waals surface area contributed by atoms with Gasteiger partial charge in [0.2, 0.25) is 0 Å². The summed E-state index contributed by atoms with van der Waals surface area (Å²) in [4.78, 5) is 15.8. The van der Waals surface area contributed by atoms with Crippen molar-refractivity contribution in [3.8, 4) is 0 Å². The van der Waals surface area contributed by atoms with Crippen LogP contribution in [0.2, 0.25) is 0 Å². The Morgan fingerprint density at radius 3 is 1.57 bits per heavy atom. The topological polar surface area (TPSA) is 56.0 Å². The molecular weight excluding hydrogens is 384 g/mol. The Morgan fingerprint density at radius 1 is 0.786 bits per heavy atom. The summed E-state index contributed by atoms with van der Waals surface area (Å²) in [6, 6.07) is 31.2. The zero-order valence-electron chi connectivity index (χ0n) is 15.0. The van der Waals surface area contributed by atoms with Crippen LogP contribution in [0.15, 0.2) is 101 Å². The molecule has 4 aromatic rings. The van der Waals surface area contributed by atoms with Gasteiger partial charge in [0.15, 0.2) is 5.01 Å². The number of rotatable bonds is 6. The third kappa shape index (κ3) is 3.46. The Balaban J connectivity index is 1.96. The molecule has 0 atom stereocenters. The number of thioether (sulfide) groups is 1. The van der Waals surface area contributed by atoms with Crippen LogP contribution in [0, 0.1) is 0 Å². The van der Waals surface area contributed by atoms with Crippen molar-refractivity contribution in [3.05, 3.63) is 119 Å². The molecular formula is C23H18N2OS2. The van der Waals surface area contributed by atoms with Crippen molar-refractivity contribution in [2.45, 2.75) is 8.96 Å². The van der Waals surface area contributed by atoms with Crippen LogP contribution in [0.5, 0.6) is 0 Å². The van der Waals surface area contributed by atoms with Crippen LogP contribution in [0.4, 0.5) is 0 Å². The van der Waals surface area contributed by atoms with Gasteiger partial charge >= 0.3 is 0 Å². The molecule has 1 heterocycles. The van der Waals surface area contributed by atoms with Gasteiger partial charge in [0, 0.05) is 0 Å². The van der Waals surface area contributed by atoms with E-state index in [0.717, 1.165) is 20.9 Å². The van der Waals surface area contributed by atoms with E-state index in [1.165, 1.54) is 11.3 Å². The average Bonchev–Trinajstić information content (AvgIpc) is 3.23. The van der Waals surface area contributed by atoms with Crippen molar-refractivity contribution in [1.29, 1.82) is 0 Å². The van der Waals surface area contributed by atoms with Gasteiger partial charge < -0.3 is 5.73 Å². The molecule has 0 aliphatic carbocycles. The summed E-state index contributed by atoms with van der Waals surface area (Å²) in [5.41, 5.74) is 8.90. The lowest BCUT2D eigenvalue weighted by Crippen LogP contribution is -2.25. The van der Waals surface area contributed by atoms with Gasteiger partial charge in [-0.3, -0.25) is 4.79 Å². The standard InChI is InChI=1S/C23H18N2OS2/c24-21(26)22-25-16-20(27-22)28-23(17-10-4-1-5-11-17,18-12-6-2-7-13-18)19-14-8-3-9-15-19/h1-16H,(H2,24,26). The maximum absolute atomic E-state index is 11.6. The van der Waals surface area contributed by atoms with Gasteiger partial charge in [0.1, 0.15) is 0 Å². The van der Waals surface area contributed by atoms with Crippen molar-refractivity contribution >= 4 is 29.0 Å². The second-order valence-electron chi connectivity index (χ2n) is 6.23. The van der Waals surface area contributed by atoms with Crippen molar-refractivity contribution in [2.24, 2.45) is 5.73 Å². The van der Waals surface area contributed by atoms with Crippen LogP contribution in [0.1, 0.15) is 26.5 Å². The molecule has 0 saturated carbocycles. The van der Waals surface area contributed by atoms with Gasteiger partial charge in [0.25, 0.3) is 5.91 Å². The number of carbonyl (C=O) groups excluding carboxylic acids is 1. The first kappa shape index (κ1) is 18.5. The predicted molar refractivity (Wildman–Crippen MR) is 116 cm³/mol. The summed E-state index contributed by atoms with van der Waals surface area (Å²) in [6.07, 6.45) is 1.74. The zero-order valence-corrected chi connectivity index (χ0v) is 16.6. The molecule has 0 unspecified atom stereocenters. The van der Waals surface area contributed by atoms with E-state index in [1.807, 2.05) is 18.2 Å². The Hall–Kier alpha value is -2.89. The van der Waals surface area contributed by atoms with Crippen LogP contribution < -0.4 is 5.73 Å². The Morgan fingerprint density at radius 2 is 1.21 bits per heavy atom. The number of nitrogens with zero attached hydrogens (tertiary/aromatic N) is 1. The molecule has 0 fully saturated rings. The number of primary amides is 1. The molecule has 0 aliphatic heterocycles. The number of benzene rings is 3. The minimum atomic E-state index is -0.499. The molecule has 5 heteroatoms. The molecule has 0 bridgehead atoms. The molecule has 0 aliphatic rings. The van der Waals surface area contributed by atoms with Crippen molar-refractivity contribution in [3.63, 3.8) is 0 Å². The molecule has 3 nitrogen and oxygen atoms in total. The number of hydrogen-bond acceptors (Lipinski definition) is 4. The molecule has 1 amide bonds. The van der Waals surface area contributed by atoms with E-state index >= 15 is 0 Å². The Labute approximate surface area is 172 Å². The van der Waals surface area contributed by atoms with E-state index in [9.17, 15) is 4.79 Å². The number of hydrogen-bond donors (Lipinski definition) is 1. The van der Waals surface area contributed by atoms with Gasteiger partial charge in [-0.2, -0.15) is 0 Å². The van der Waals surface area contributed by atoms with Gasteiger partial charge in [-0.05, 0) is 16.7 Å². The maximum atomic E-state index is 11.6. The number of nitrogens with two attached hydrogens (primary N) is 1. The van der Waals surface area contributed by atoms with Gasteiger partial charge in [-0.1, -0.05) is 103 Å². The molecule has 0 spiro atoms. The van der Waals surface area contributed by atoms with Crippen LogP contribution >= 0.6 is 23.1 Å². The van der Waals surface area contributed by atoms with E-state index in [4.69, 9.17) is 5.73 Å². The first-order valence-electron chi connectivity index (χ1n) is 8.81. The fourth-order valence-corrected chi connectivity index (χ4v) is 5.72. The van der Waals surface area contributed by atoms with Crippen LogP contribution in [-0.2, 0) is 4.75 Å². The fourth-order valence-electron chi connectivity index (χ4n) is 3.27. The first-order valence-corrected chi connectivity index (χ1v) is 10.4. The van der Waals surface area contributed by atoms with Gasteiger partial charge in [-0.25, -0.2) is 4.98 Å². The largest absolute Gasteiger partial charge is 0.364 e. The van der Waals surface area contributed by atoms with Gasteiger partial charge in [-0.15, -0.1) is 11.3 Å². The summed E-state index contributed by atoms with van der Waals surface area (Å²) in [7, 11) is 0. The van der Waals surface area contributed by atoms with Crippen molar-refractivity contribution in [1.82, 2.24) is 4.98 Å². The van der Waals surface area contributed by atoms with E-state index in [0.29, 0.717) is 5.01 Å². The lowest BCUT2D eigenvalue weighted by atomic mass is 9.84. The first-order chi connectivity index (χ1) is 13.7. The van der Waals surface area contributed by atoms with E-state index < -0.39 is 10.7 Å². The third-order valence-electron chi connectivity index (χ3n) is 4.49. The Kier molecular flexibility index (Phi) is 5.28. The summed E-state index contributed by atoms with van der Waals surface area (Å²) in [6.45, 7) is 0. The highest BCUT2D eigenvalue weighted by atomic mass is 32.2. The second kappa shape index (κ2) is 8.00. The summed E-state index contributed by atoms with van der Waals surface area (Å²) in [5, 5.41) is 0.325. The molecule has 138 valence electrons. The molecule has 0 saturated heterocycles. The van der Waals surface area contributed by atoms with Crippen LogP contribution in [-0.4, -0.2) is 10.9 Å². The smallest absolute Gasteiger partial charge is 0.277 e. The zero-order chi connectivity index (χ0) is 19.4. The number of thiazole rings is 1. The van der Waals surface area contributed by atoms with E-state index in [1.54, 1.807) is 18.0 Å². The summed E-state index contributed by atoms with van der Waals surface area (Å²) < 4.78 is 0.455. The lowest BCUT2D eigenvalue weighted by Gasteiger charge is -2.34. The SMILES string of the molecule is NC(=O)c1ncc(SC(c2ccccc2)(c2ccccc2)c2ccccc2)s1. The minimum absolute atomic E-state index is 0.325. The minimum Gasteiger partial charge on any atom is -0.364 e. The number of aromatic nitrogens is 1. The highest BCUT2D eigenvalue weighted by molar-refractivity contribution is 8.02. The maximum Gasteiger partial charge on any atom is 0.277 e. The monoisotopic (exact) mass is 402 g/mol. The van der Waals surface area contributed by atoms with E-state index in [-0.39, 0.29) is 0 Å². The lowest BCUT2D eigenvalue weighted by molar-refractivity contribution is 0.1000. The third-order valence-corrected chi connectivity index (χ3v) is 7.12. The number of carbonyl (C=O) groups is 1. The summed E-state index contributed by atoms with van der Waals surface area (Å²) in [5.74, 6) is -0.499. The molecule has 1 aromatic heterocycles. The summed E-state index contributed by atoms with van der Waals surface area (Å²) >= 11 is 3.01. The predicted octanol–water partition coefficient (Wildman–Crippen LogP) is 5.33. The Bertz CT molecular complexity index is 967. The van der Waals surface area contributed by atoms with E-state index in [2.05, 4.69) is 77.8 Å². The molecule has 2 N–H and O–H groups in total. The normalized spacial score (nSPS) is 11.3. The highest BCUT2D eigenvalue weighted by Crippen LogP contribution is 2.52.